The van der Waals surface area contributed by atoms with Gasteiger partial charge in [0.2, 0.25) is 5.91 Å². The lowest BCUT2D eigenvalue weighted by Gasteiger charge is -2.08. The molecule has 0 fully saturated rings. The van der Waals surface area contributed by atoms with Crippen molar-refractivity contribution >= 4 is 44.5 Å². The second kappa shape index (κ2) is 8.45. The molecule has 8 nitrogen and oxygen atoms in total. The predicted molar refractivity (Wildman–Crippen MR) is 101 cm³/mol. The molecule has 0 saturated carbocycles. The number of aromatic nitrogens is 2. The number of carbonyl (C=O) groups excluding carboxylic acids is 2. The van der Waals surface area contributed by atoms with Gasteiger partial charge in [0.05, 0.1) is 26.9 Å². The molecule has 3 N–H and O–H groups in total. The summed E-state index contributed by atoms with van der Waals surface area (Å²) in [4.78, 5) is 42.5. The number of amides is 2. The quantitative estimate of drug-likeness (QED) is 0.544. The molecule has 0 aliphatic carbocycles. The van der Waals surface area contributed by atoms with Crippen molar-refractivity contribution in [2.45, 2.75) is 12.6 Å². The Kier molecular flexibility index (Phi) is 5.96. The van der Waals surface area contributed by atoms with Crippen LogP contribution in [0.1, 0.15) is 32.7 Å². The summed E-state index contributed by atoms with van der Waals surface area (Å²) in [6.07, 6.45) is -3.15. The summed E-state index contributed by atoms with van der Waals surface area (Å²) < 4.78 is 38.6. The van der Waals surface area contributed by atoms with Crippen LogP contribution in [0.4, 0.5) is 18.3 Å². The van der Waals surface area contributed by atoms with E-state index in [2.05, 4.69) is 20.6 Å². The van der Waals surface area contributed by atoms with Gasteiger partial charge in [-0.15, -0.1) is 0 Å². The highest BCUT2D eigenvalue weighted by molar-refractivity contribution is 7.22. The molecule has 0 bridgehead atoms. The summed E-state index contributed by atoms with van der Waals surface area (Å²) in [7, 11) is 0. The Bertz CT molecular complexity index is 1130. The molecule has 2 amide bonds. The van der Waals surface area contributed by atoms with Crippen LogP contribution < -0.4 is 10.6 Å². The molecule has 1 aromatic carbocycles. The first-order valence-electron chi connectivity index (χ1n) is 8.37. The molecule has 12 heteroatoms. The first-order valence-corrected chi connectivity index (χ1v) is 9.19. The summed E-state index contributed by atoms with van der Waals surface area (Å²) in [5.74, 6) is -2.35. The van der Waals surface area contributed by atoms with Crippen LogP contribution in [0.5, 0.6) is 0 Å². The molecule has 156 valence electrons. The number of pyridine rings is 1. The smallest absolute Gasteiger partial charge is 0.417 e. The van der Waals surface area contributed by atoms with Crippen LogP contribution in [0.25, 0.3) is 10.2 Å². The van der Waals surface area contributed by atoms with Gasteiger partial charge in [-0.25, -0.2) is 9.78 Å². The van der Waals surface area contributed by atoms with Gasteiger partial charge in [-0.05, 0) is 24.3 Å². The number of aromatic carboxylic acids is 1. The van der Waals surface area contributed by atoms with Crippen molar-refractivity contribution in [3.8, 4) is 0 Å². The van der Waals surface area contributed by atoms with Crippen LogP contribution in [-0.2, 0) is 11.0 Å². The number of nitrogens with zero attached hydrogens (tertiary/aromatic N) is 2. The molecule has 0 saturated heterocycles. The fraction of sp³-hybridized carbons (Fsp3) is 0.167. The highest BCUT2D eigenvalue weighted by Crippen LogP contribution is 2.29. The van der Waals surface area contributed by atoms with E-state index in [4.69, 9.17) is 5.11 Å². The summed E-state index contributed by atoms with van der Waals surface area (Å²) in [6.45, 7) is -0.116. The maximum Gasteiger partial charge on any atom is 0.417 e. The zero-order valence-corrected chi connectivity index (χ0v) is 15.8. The largest absolute Gasteiger partial charge is 0.478 e. The number of alkyl halides is 3. The van der Waals surface area contributed by atoms with Crippen LogP contribution in [-0.4, -0.2) is 39.4 Å². The number of halogens is 3. The fourth-order valence-electron chi connectivity index (χ4n) is 2.40. The molecule has 3 aromatic rings. The van der Waals surface area contributed by atoms with Gasteiger partial charge in [-0.1, -0.05) is 11.3 Å². The molecule has 0 radical (unpaired) electrons. The monoisotopic (exact) mass is 438 g/mol. The van der Waals surface area contributed by atoms with Crippen LogP contribution in [0.15, 0.2) is 36.7 Å². The third-order valence-electron chi connectivity index (χ3n) is 3.85. The SMILES string of the molecule is O=C(CCNC(=O)c1cncc(C(F)(F)F)c1)Nc1nc2ccc(C(=O)O)cc2s1. The van der Waals surface area contributed by atoms with Crippen molar-refractivity contribution in [3.63, 3.8) is 0 Å². The number of anilines is 1. The Morgan fingerprint density at radius 1 is 1.10 bits per heavy atom. The van der Waals surface area contributed by atoms with E-state index in [0.717, 1.165) is 17.5 Å². The standard InChI is InChI=1S/C18H13F3N4O4S/c19-18(20,21)11-5-10(7-22-8-11)15(27)23-4-3-14(26)25-17-24-12-2-1-9(16(28)29)6-13(12)30-17/h1-2,5-8H,3-4H2,(H,23,27)(H,28,29)(H,24,25,26). The minimum absolute atomic E-state index is 0.0934. The van der Waals surface area contributed by atoms with E-state index in [1.807, 2.05) is 0 Å². The maximum absolute atomic E-state index is 12.7. The lowest BCUT2D eigenvalue weighted by molar-refractivity contribution is -0.137. The average molecular weight is 438 g/mol. The highest BCUT2D eigenvalue weighted by Gasteiger charge is 2.31. The maximum atomic E-state index is 12.7. The van der Waals surface area contributed by atoms with Gasteiger partial charge in [0, 0.05) is 25.4 Å². The Morgan fingerprint density at radius 3 is 2.57 bits per heavy atom. The minimum atomic E-state index is -4.62. The van der Waals surface area contributed by atoms with E-state index >= 15 is 0 Å². The molecule has 3 rings (SSSR count). The number of thiazole rings is 1. The molecule has 30 heavy (non-hydrogen) atoms. The van der Waals surface area contributed by atoms with Gasteiger partial charge in [0.1, 0.15) is 0 Å². The van der Waals surface area contributed by atoms with Crippen molar-refractivity contribution in [3.05, 3.63) is 53.3 Å². The van der Waals surface area contributed by atoms with Crippen molar-refractivity contribution in [2.24, 2.45) is 0 Å². The van der Waals surface area contributed by atoms with Gasteiger partial charge in [0.15, 0.2) is 5.13 Å². The number of carboxylic acid groups (broad SMARTS) is 1. The topological polar surface area (TPSA) is 121 Å². The minimum Gasteiger partial charge on any atom is -0.478 e. The number of carbonyl (C=O) groups is 3. The number of hydrogen-bond acceptors (Lipinski definition) is 6. The van der Waals surface area contributed by atoms with Gasteiger partial charge >= 0.3 is 12.1 Å². The third kappa shape index (κ3) is 5.08. The van der Waals surface area contributed by atoms with Crippen molar-refractivity contribution in [1.82, 2.24) is 15.3 Å². The zero-order chi connectivity index (χ0) is 21.9. The van der Waals surface area contributed by atoms with E-state index in [0.29, 0.717) is 22.5 Å². The van der Waals surface area contributed by atoms with Gasteiger partial charge in [0.25, 0.3) is 5.91 Å². The number of benzene rings is 1. The normalized spacial score (nSPS) is 11.3. The number of fused-ring (bicyclic) bond motifs is 1. The number of carboxylic acids is 1. The number of hydrogen-bond donors (Lipinski definition) is 3. The van der Waals surface area contributed by atoms with Crippen LogP contribution >= 0.6 is 11.3 Å². The summed E-state index contributed by atoms with van der Waals surface area (Å²) in [6, 6.07) is 5.03. The number of nitrogens with one attached hydrogen (secondary N) is 2. The molecule has 0 aliphatic heterocycles. The predicted octanol–water partition coefficient (Wildman–Crippen LogP) is 3.17. The zero-order valence-electron chi connectivity index (χ0n) is 15.0. The third-order valence-corrected chi connectivity index (χ3v) is 4.78. The van der Waals surface area contributed by atoms with Crippen LogP contribution in [0.3, 0.4) is 0 Å². The molecule has 2 aromatic heterocycles. The van der Waals surface area contributed by atoms with Gasteiger partial charge in [-0.3, -0.25) is 14.6 Å². The van der Waals surface area contributed by atoms with Gasteiger partial charge in [-0.2, -0.15) is 13.2 Å². The second-order valence-electron chi connectivity index (χ2n) is 6.02. The lowest BCUT2D eigenvalue weighted by atomic mass is 10.2. The first kappa shape index (κ1) is 21.2. The summed E-state index contributed by atoms with van der Waals surface area (Å²) >= 11 is 1.09. The van der Waals surface area contributed by atoms with E-state index in [1.165, 1.54) is 18.2 Å². The Morgan fingerprint density at radius 2 is 1.87 bits per heavy atom. The average Bonchev–Trinajstić information content (AvgIpc) is 3.08. The summed E-state index contributed by atoms with van der Waals surface area (Å²) in [5.41, 5.74) is -0.707. The van der Waals surface area contributed by atoms with E-state index in [-0.39, 0.29) is 29.2 Å². The molecule has 0 aliphatic rings. The highest BCUT2D eigenvalue weighted by atomic mass is 32.1. The molecule has 0 spiro atoms. The fourth-order valence-corrected chi connectivity index (χ4v) is 3.32. The lowest BCUT2D eigenvalue weighted by Crippen LogP contribution is -2.28. The molecule has 0 atom stereocenters. The molecular weight excluding hydrogens is 425 g/mol. The van der Waals surface area contributed by atoms with Crippen molar-refractivity contribution in [1.29, 1.82) is 0 Å². The first-order chi connectivity index (χ1) is 14.1. The van der Waals surface area contributed by atoms with E-state index < -0.39 is 29.5 Å². The van der Waals surface area contributed by atoms with Gasteiger partial charge < -0.3 is 15.7 Å². The van der Waals surface area contributed by atoms with E-state index in [9.17, 15) is 27.6 Å². The Balaban J connectivity index is 1.54. The van der Waals surface area contributed by atoms with Crippen molar-refractivity contribution < 1.29 is 32.7 Å². The Hall–Kier alpha value is -3.54. The molecular formula is C18H13F3N4O4S. The number of rotatable bonds is 6. The summed E-state index contributed by atoms with van der Waals surface area (Å²) in [5, 5.41) is 14.1. The van der Waals surface area contributed by atoms with Crippen molar-refractivity contribution in [2.75, 3.05) is 11.9 Å². The van der Waals surface area contributed by atoms with Crippen LogP contribution in [0, 0.1) is 0 Å². The Labute approximate surface area is 170 Å². The second-order valence-corrected chi connectivity index (χ2v) is 7.05. The molecule has 2 heterocycles. The van der Waals surface area contributed by atoms with Crippen LogP contribution in [0.2, 0.25) is 0 Å². The van der Waals surface area contributed by atoms with E-state index in [1.54, 1.807) is 0 Å². The molecule has 0 unspecified atom stereocenters.